The zero-order chi connectivity index (χ0) is 10.7. The summed E-state index contributed by atoms with van der Waals surface area (Å²) in [7, 11) is 0. The van der Waals surface area contributed by atoms with E-state index in [-0.39, 0.29) is 6.10 Å². The second-order valence-electron chi connectivity index (χ2n) is 4.02. The van der Waals surface area contributed by atoms with Crippen LogP contribution >= 0.6 is 0 Å². The summed E-state index contributed by atoms with van der Waals surface area (Å²) in [5.74, 6) is 1.08. The molecule has 1 aliphatic heterocycles. The Bertz CT molecular complexity index is 332. The molecule has 0 radical (unpaired) electrons. The predicted molar refractivity (Wildman–Crippen MR) is 59.4 cm³/mol. The number of piperidine rings is 1. The number of hydrogen-bond donors (Lipinski definition) is 2. The molecular weight excluding hydrogens is 190 g/mol. The lowest BCUT2D eigenvalue weighted by atomic mass is 10.1. The van der Waals surface area contributed by atoms with Gasteiger partial charge in [-0.15, -0.1) is 0 Å². The fraction of sp³-hybridized carbons (Fsp3) is 0.500. The van der Waals surface area contributed by atoms with E-state index in [0.29, 0.717) is 5.75 Å². The standard InChI is InChI=1S/C12H17NO2/c1-9-2-3-11(8-12(9)14)15-10-4-6-13-7-5-10/h2-3,8,10,13-14H,4-7H2,1H3. The highest BCUT2D eigenvalue weighted by atomic mass is 16.5. The van der Waals surface area contributed by atoms with E-state index in [4.69, 9.17) is 4.74 Å². The molecule has 1 aromatic carbocycles. The monoisotopic (exact) mass is 207 g/mol. The molecule has 1 heterocycles. The molecule has 82 valence electrons. The molecule has 0 aromatic heterocycles. The Labute approximate surface area is 90.1 Å². The number of phenols is 1. The van der Waals surface area contributed by atoms with Crippen molar-refractivity contribution in [1.29, 1.82) is 0 Å². The lowest BCUT2D eigenvalue weighted by molar-refractivity contribution is 0.162. The van der Waals surface area contributed by atoms with Crippen LogP contribution in [0.25, 0.3) is 0 Å². The third kappa shape index (κ3) is 2.63. The first kappa shape index (κ1) is 10.3. The molecule has 0 amide bonds. The first-order chi connectivity index (χ1) is 7.25. The van der Waals surface area contributed by atoms with Crippen molar-refractivity contribution in [3.63, 3.8) is 0 Å². The van der Waals surface area contributed by atoms with Gasteiger partial charge in [0.25, 0.3) is 0 Å². The van der Waals surface area contributed by atoms with Gasteiger partial charge in [-0.25, -0.2) is 0 Å². The Balaban J connectivity index is 2.00. The first-order valence-corrected chi connectivity index (χ1v) is 5.43. The summed E-state index contributed by atoms with van der Waals surface area (Å²) in [4.78, 5) is 0. The molecule has 0 bridgehead atoms. The highest BCUT2D eigenvalue weighted by molar-refractivity contribution is 5.38. The van der Waals surface area contributed by atoms with Crippen LogP contribution in [0.3, 0.4) is 0 Å². The normalized spacial score (nSPS) is 17.7. The van der Waals surface area contributed by atoms with Gasteiger partial charge in [0.05, 0.1) is 0 Å². The molecule has 2 N–H and O–H groups in total. The molecule has 15 heavy (non-hydrogen) atoms. The van der Waals surface area contributed by atoms with Gasteiger partial charge in [-0.1, -0.05) is 6.07 Å². The molecule has 0 atom stereocenters. The average molecular weight is 207 g/mol. The number of aromatic hydroxyl groups is 1. The van der Waals surface area contributed by atoms with Crippen LogP contribution in [0.4, 0.5) is 0 Å². The summed E-state index contributed by atoms with van der Waals surface area (Å²) < 4.78 is 5.79. The molecule has 0 unspecified atom stereocenters. The van der Waals surface area contributed by atoms with E-state index in [9.17, 15) is 5.11 Å². The van der Waals surface area contributed by atoms with Crippen molar-refractivity contribution >= 4 is 0 Å². The van der Waals surface area contributed by atoms with Gasteiger partial charge in [0.2, 0.25) is 0 Å². The number of phenolic OH excluding ortho intramolecular Hbond substituents is 1. The van der Waals surface area contributed by atoms with Crippen molar-refractivity contribution in [2.75, 3.05) is 13.1 Å². The van der Waals surface area contributed by atoms with Crippen LogP contribution in [0.5, 0.6) is 11.5 Å². The quantitative estimate of drug-likeness (QED) is 0.777. The van der Waals surface area contributed by atoms with Crippen LogP contribution in [-0.2, 0) is 0 Å². The van der Waals surface area contributed by atoms with Gasteiger partial charge in [-0.3, -0.25) is 0 Å². The Morgan fingerprint density at radius 1 is 1.33 bits per heavy atom. The van der Waals surface area contributed by atoms with Crippen LogP contribution in [0, 0.1) is 6.92 Å². The van der Waals surface area contributed by atoms with Gasteiger partial charge in [-0.05, 0) is 44.5 Å². The van der Waals surface area contributed by atoms with Crippen LogP contribution < -0.4 is 10.1 Å². The van der Waals surface area contributed by atoms with Gasteiger partial charge < -0.3 is 15.2 Å². The van der Waals surface area contributed by atoms with Crippen molar-refractivity contribution in [2.45, 2.75) is 25.9 Å². The number of hydrogen-bond acceptors (Lipinski definition) is 3. The van der Waals surface area contributed by atoms with Gasteiger partial charge >= 0.3 is 0 Å². The number of nitrogens with one attached hydrogen (secondary N) is 1. The minimum absolute atomic E-state index is 0.286. The molecular formula is C12H17NO2. The third-order valence-electron chi connectivity index (χ3n) is 2.77. The molecule has 0 aliphatic carbocycles. The van der Waals surface area contributed by atoms with Gasteiger partial charge in [0.1, 0.15) is 17.6 Å². The maximum Gasteiger partial charge on any atom is 0.123 e. The smallest absolute Gasteiger partial charge is 0.123 e. The summed E-state index contributed by atoms with van der Waals surface area (Å²) in [6.07, 6.45) is 2.36. The summed E-state index contributed by atoms with van der Waals surface area (Å²) >= 11 is 0. The molecule has 0 spiro atoms. The summed E-state index contributed by atoms with van der Waals surface area (Å²) in [6.45, 7) is 3.91. The molecule has 1 saturated heterocycles. The number of rotatable bonds is 2. The van der Waals surface area contributed by atoms with Crippen molar-refractivity contribution in [3.8, 4) is 11.5 Å². The molecule has 2 rings (SSSR count). The minimum Gasteiger partial charge on any atom is -0.508 e. The van der Waals surface area contributed by atoms with E-state index in [2.05, 4.69) is 5.32 Å². The van der Waals surface area contributed by atoms with E-state index in [1.165, 1.54) is 0 Å². The zero-order valence-electron chi connectivity index (χ0n) is 8.99. The van der Waals surface area contributed by atoms with Gasteiger partial charge in [0.15, 0.2) is 0 Å². The fourth-order valence-corrected chi connectivity index (χ4v) is 1.77. The fourth-order valence-electron chi connectivity index (χ4n) is 1.77. The summed E-state index contributed by atoms with van der Waals surface area (Å²) in [6, 6.07) is 5.49. The van der Waals surface area contributed by atoms with Gasteiger partial charge in [-0.2, -0.15) is 0 Å². The predicted octanol–water partition coefficient (Wildman–Crippen LogP) is 1.83. The number of aryl methyl sites for hydroxylation is 1. The second-order valence-corrected chi connectivity index (χ2v) is 4.02. The third-order valence-corrected chi connectivity index (χ3v) is 2.77. The lowest BCUT2D eigenvalue weighted by Crippen LogP contribution is -2.34. The summed E-state index contributed by atoms with van der Waals surface area (Å²) in [5, 5.41) is 12.8. The molecule has 3 nitrogen and oxygen atoms in total. The molecule has 1 aliphatic rings. The van der Waals surface area contributed by atoms with Crippen molar-refractivity contribution < 1.29 is 9.84 Å². The van der Waals surface area contributed by atoms with Crippen molar-refractivity contribution in [1.82, 2.24) is 5.32 Å². The Morgan fingerprint density at radius 2 is 2.07 bits per heavy atom. The van der Waals surface area contributed by atoms with E-state index >= 15 is 0 Å². The van der Waals surface area contributed by atoms with Gasteiger partial charge in [0, 0.05) is 6.07 Å². The van der Waals surface area contributed by atoms with E-state index in [1.807, 2.05) is 19.1 Å². The van der Waals surface area contributed by atoms with Crippen LogP contribution in [0.2, 0.25) is 0 Å². The maximum absolute atomic E-state index is 9.54. The Morgan fingerprint density at radius 3 is 2.73 bits per heavy atom. The molecule has 3 heteroatoms. The second kappa shape index (κ2) is 4.53. The van der Waals surface area contributed by atoms with E-state index in [1.54, 1.807) is 6.07 Å². The van der Waals surface area contributed by atoms with Crippen molar-refractivity contribution in [2.24, 2.45) is 0 Å². The lowest BCUT2D eigenvalue weighted by Gasteiger charge is -2.23. The van der Waals surface area contributed by atoms with E-state index < -0.39 is 0 Å². The largest absolute Gasteiger partial charge is 0.508 e. The molecule has 1 aromatic rings. The zero-order valence-corrected chi connectivity index (χ0v) is 8.99. The molecule has 0 saturated carbocycles. The van der Waals surface area contributed by atoms with Crippen LogP contribution in [0.15, 0.2) is 18.2 Å². The Hall–Kier alpha value is -1.22. The van der Waals surface area contributed by atoms with Crippen LogP contribution in [-0.4, -0.2) is 24.3 Å². The molecule has 1 fully saturated rings. The average Bonchev–Trinajstić information content (AvgIpc) is 2.25. The Kier molecular flexibility index (Phi) is 3.11. The van der Waals surface area contributed by atoms with Crippen molar-refractivity contribution in [3.05, 3.63) is 23.8 Å². The number of benzene rings is 1. The van der Waals surface area contributed by atoms with E-state index in [0.717, 1.165) is 37.2 Å². The number of ether oxygens (including phenoxy) is 1. The summed E-state index contributed by atoms with van der Waals surface area (Å²) in [5.41, 5.74) is 0.882. The van der Waals surface area contributed by atoms with Crippen LogP contribution in [0.1, 0.15) is 18.4 Å². The highest BCUT2D eigenvalue weighted by Crippen LogP contribution is 2.24. The SMILES string of the molecule is Cc1ccc(OC2CCNCC2)cc1O. The topological polar surface area (TPSA) is 41.5 Å². The maximum atomic E-state index is 9.54. The first-order valence-electron chi connectivity index (χ1n) is 5.43. The highest BCUT2D eigenvalue weighted by Gasteiger charge is 2.14. The minimum atomic E-state index is 0.286.